The Morgan fingerprint density at radius 1 is 1.08 bits per heavy atom. The van der Waals surface area contributed by atoms with Crippen LogP contribution in [0.3, 0.4) is 0 Å². The quantitative estimate of drug-likeness (QED) is 0.236. The largest absolute Gasteiger partial charge is 0.511 e. The molecule has 5 N–H and O–H groups in total. The van der Waals surface area contributed by atoms with E-state index >= 15 is 0 Å². The number of benzene rings is 2. The summed E-state index contributed by atoms with van der Waals surface area (Å²) in [4.78, 5) is 41.8. The van der Waals surface area contributed by atoms with Crippen molar-refractivity contribution in [2.75, 3.05) is 41.4 Å². The molecule has 2 aromatic rings. The first-order valence-corrected chi connectivity index (χ1v) is 16.3. The van der Waals surface area contributed by atoms with Gasteiger partial charge in [0.15, 0.2) is 5.78 Å². The van der Waals surface area contributed by atoms with E-state index in [0.717, 1.165) is 16.7 Å². The van der Waals surface area contributed by atoms with Gasteiger partial charge in [0.2, 0.25) is 0 Å². The predicted octanol–water partition coefficient (Wildman–Crippen LogP) is 4.38. The molecule has 3 unspecified atom stereocenters. The molecule has 1 heterocycles. The molecule has 0 saturated carbocycles. The van der Waals surface area contributed by atoms with Crippen LogP contribution in [0.15, 0.2) is 53.0 Å². The molecule has 4 aliphatic rings. The smallest absolute Gasteiger partial charge is 0.251 e. The van der Waals surface area contributed by atoms with Gasteiger partial charge in [0, 0.05) is 30.8 Å². The third-order valence-corrected chi connectivity index (χ3v) is 10.7. The summed E-state index contributed by atoms with van der Waals surface area (Å²) in [6.45, 7) is 3.47. The van der Waals surface area contributed by atoms with E-state index in [1.165, 1.54) is 20.1 Å². The van der Waals surface area contributed by atoms with E-state index in [2.05, 4.69) is 4.90 Å². The Morgan fingerprint density at radius 3 is 2.42 bits per heavy atom. The maximum Gasteiger partial charge on any atom is 0.251 e. The highest BCUT2D eigenvalue weighted by atomic mass is 19.1. The van der Waals surface area contributed by atoms with E-state index in [4.69, 9.17) is 20.2 Å². The number of aliphatic hydroxyl groups excluding tert-OH is 2. The molecule has 1 fully saturated rings. The zero-order chi connectivity index (χ0) is 34.7. The van der Waals surface area contributed by atoms with Crippen molar-refractivity contribution in [1.29, 1.82) is 0 Å². The number of phenolic OH excluding ortho intramolecular Hbond substituents is 1. The van der Waals surface area contributed by atoms with Gasteiger partial charge in [0.05, 0.1) is 37.3 Å². The van der Waals surface area contributed by atoms with Crippen molar-refractivity contribution in [1.82, 2.24) is 9.80 Å². The Morgan fingerprint density at radius 2 is 1.79 bits per heavy atom. The third kappa shape index (κ3) is 5.44. The molecule has 0 spiro atoms. The first-order chi connectivity index (χ1) is 22.8. The van der Waals surface area contributed by atoms with Gasteiger partial charge in [-0.1, -0.05) is 12.1 Å². The van der Waals surface area contributed by atoms with Gasteiger partial charge in [0.25, 0.3) is 5.91 Å². The van der Waals surface area contributed by atoms with Gasteiger partial charge in [-0.15, -0.1) is 0 Å². The lowest BCUT2D eigenvalue weighted by Gasteiger charge is -2.52. The van der Waals surface area contributed by atoms with Crippen LogP contribution in [-0.2, 0) is 27.5 Å². The second-order valence-electron chi connectivity index (χ2n) is 13.8. The average Bonchev–Trinajstić information content (AvgIpc) is 3.01. The van der Waals surface area contributed by atoms with Crippen molar-refractivity contribution in [2.45, 2.75) is 57.0 Å². The second kappa shape index (κ2) is 12.8. The number of aromatic hydroxyl groups is 1. The third-order valence-electron chi connectivity index (χ3n) is 10.7. The predicted molar refractivity (Wildman–Crippen MR) is 175 cm³/mol. The number of carbonyl (C=O) groups is 2. The number of nitrogens with zero attached hydrogens (tertiary/aromatic N) is 2. The van der Waals surface area contributed by atoms with Crippen molar-refractivity contribution in [3.63, 3.8) is 0 Å². The number of amides is 1. The van der Waals surface area contributed by atoms with E-state index in [-0.39, 0.29) is 34.0 Å². The van der Waals surface area contributed by atoms with Crippen LogP contribution in [0.4, 0.5) is 4.39 Å². The Kier molecular flexibility index (Phi) is 9.05. The van der Waals surface area contributed by atoms with Gasteiger partial charge < -0.3 is 25.8 Å². The molecule has 11 nitrogen and oxygen atoms in total. The summed E-state index contributed by atoms with van der Waals surface area (Å²) < 4.78 is 19.5. The second-order valence-corrected chi connectivity index (χ2v) is 13.8. The summed E-state index contributed by atoms with van der Waals surface area (Å²) in [7, 11) is 6.33. The normalized spacial score (nSPS) is 27.9. The van der Waals surface area contributed by atoms with Crippen molar-refractivity contribution < 1.29 is 43.8 Å². The lowest BCUT2D eigenvalue weighted by atomic mass is 9.56. The monoisotopic (exact) mass is 665 g/mol. The fraction of sp³-hybridized carbons (Fsp3) is 0.500. The number of carbonyl (C=O) groups excluding carboxylic acids is 2. The zero-order valence-electron chi connectivity index (χ0n) is 28.0. The molecule has 1 saturated heterocycles. The minimum Gasteiger partial charge on any atom is -0.511 e. The Hall–Kier alpha value is -3.97. The van der Waals surface area contributed by atoms with Crippen molar-refractivity contribution in [3.8, 4) is 22.6 Å². The van der Waals surface area contributed by atoms with Gasteiger partial charge in [-0.05, 0) is 93.4 Å². The molecule has 2 aromatic carbocycles. The Bertz CT molecular complexity index is 1700. The van der Waals surface area contributed by atoms with Crippen LogP contribution < -0.4 is 10.5 Å². The number of methoxy groups -OCH3 is 1. The summed E-state index contributed by atoms with van der Waals surface area (Å²) in [6, 6.07) is 8.39. The van der Waals surface area contributed by atoms with Crippen LogP contribution in [-0.4, -0.2) is 96.0 Å². The highest BCUT2D eigenvalue weighted by Crippen LogP contribution is 2.56. The number of hydrogen-bond acceptors (Lipinski definition) is 10. The highest BCUT2D eigenvalue weighted by molar-refractivity contribution is 6.14. The van der Waals surface area contributed by atoms with Gasteiger partial charge >= 0.3 is 0 Å². The SMILES string of the molecule is COO[C@@]1(C)C(C(N)=O)=C(O)[C@@H](N(C)C)C2CC3Cc4c(-c5cc(CN6CCC(F)CC6)ccc5OC)ccc(O)c4C(=O)C3=C(O)C21. The Balaban J connectivity index is 1.47. The summed E-state index contributed by atoms with van der Waals surface area (Å²) in [5, 5.41) is 34.6. The van der Waals surface area contributed by atoms with E-state index in [9.17, 15) is 29.3 Å². The number of likely N-dealkylation sites (N-methyl/N-ethyl adjacent to an activating group) is 1. The number of aliphatic hydroxyl groups is 2. The number of nitrogens with two attached hydrogens (primary N) is 1. The van der Waals surface area contributed by atoms with Crippen LogP contribution in [0.25, 0.3) is 11.1 Å². The number of likely N-dealkylation sites (tertiary alicyclic amines) is 1. The van der Waals surface area contributed by atoms with Crippen molar-refractivity contribution in [3.05, 3.63) is 69.7 Å². The summed E-state index contributed by atoms with van der Waals surface area (Å²) in [6.07, 6.45) is 0.889. The van der Waals surface area contributed by atoms with E-state index in [1.54, 1.807) is 32.2 Å². The summed E-state index contributed by atoms with van der Waals surface area (Å²) in [5.41, 5.74) is 7.11. The number of ether oxygens (including phenoxy) is 1. The summed E-state index contributed by atoms with van der Waals surface area (Å²) >= 11 is 0. The van der Waals surface area contributed by atoms with Gasteiger partial charge in [-0.3, -0.25) is 19.4 Å². The number of alkyl halides is 1. The van der Waals surface area contributed by atoms with Crippen LogP contribution in [0, 0.1) is 17.8 Å². The molecule has 0 radical (unpaired) electrons. The maximum atomic E-state index is 14.4. The topological polar surface area (TPSA) is 155 Å². The molecule has 258 valence electrons. The number of hydrogen-bond donors (Lipinski definition) is 4. The molecule has 6 rings (SSSR count). The molecule has 5 atom stereocenters. The maximum absolute atomic E-state index is 14.4. The number of allylic oxidation sites excluding steroid dienone is 1. The number of fused-ring (bicyclic) bond motifs is 3. The number of primary amides is 1. The number of rotatable bonds is 8. The number of Topliss-reactive ketones (excluding diaryl/α,β-unsaturated/α-hetero) is 1. The zero-order valence-corrected chi connectivity index (χ0v) is 28.0. The fourth-order valence-corrected chi connectivity index (χ4v) is 8.77. The number of piperidine rings is 1. The van der Waals surface area contributed by atoms with Gasteiger partial charge in [-0.25, -0.2) is 14.2 Å². The fourth-order valence-electron chi connectivity index (χ4n) is 8.77. The minimum absolute atomic E-state index is 0.0871. The minimum atomic E-state index is -1.72. The molecule has 48 heavy (non-hydrogen) atoms. The molecular formula is C36H44FN3O8. The molecular weight excluding hydrogens is 621 g/mol. The average molecular weight is 666 g/mol. The Labute approximate surface area is 279 Å². The van der Waals surface area contributed by atoms with Gasteiger partial charge in [-0.2, -0.15) is 0 Å². The number of phenols is 1. The van der Waals surface area contributed by atoms with Crippen LogP contribution in [0.5, 0.6) is 11.5 Å². The van der Waals surface area contributed by atoms with Crippen LogP contribution in [0.2, 0.25) is 0 Å². The number of halogens is 1. The molecule has 0 bridgehead atoms. The van der Waals surface area contributed by atoms with E-state index in [1.807, 2.05) is 18.2 Å². The van der Waals surface area contributed by atoms with Crippen LogP contribution >= 0.6 is 0 Å². The van der Waals surface area contributed by atoms with Gasteiger partial charge in [0.1, 0.15) is 34.8 Å². The van der Waals surface area contributed by atoms with Crippen molar-refractivity contribution in [2.24, 2.45) is 23.5 Å². The molecule has 0 aromatic heterocycles. The lowest BCUT2D eigenvalue weighted by Crippen LogP contribution is -2.60. The number of ketones is 1. The molecule has 3 aliphatic carbocycles. The molecule has 1 amide bonds. The van der Waals surface area contributed by atoms with E-state index < -0.39 is 47.3 Å². The molecule has 1 aliphatic heterocycles. The van der Waals surface area contributed by atoms with Crippen LogP contribution in [0.1, 0.15) is 47.7 Å². The lowest BCUT2D eigenvalue weighted by molar-refractivity contribution is -0.347. The standard InChI is InChI=1S/C36H44FN3O8/c1-36(48-47-5)29-24(31(39(2)3)34(44)30(36)35(38)45)16-19-15-23-21(7-8-25(41)28(23)32(42)27(19)33(29)43)22-14-18(6-9-26(22)46-4)17-40-12-10-20(37)11-13-40/h6-9,14,19-20,24,29,31,41,43-44H,10-13,15-17H2,1-5H3,(H2,38,45)/t19?,24?,29?,31-,36+/m0/s1. The highest BCUT2D eigenvalue weighted by Gasteiger charge is 2.61. The van der Waals surface area contributed by atoms with Crippen molar-refractivity contribution >= 4 is 11.7 Å². The first kappa shape index (κ1) is 33.9. The first-order valence-electron chi connectivity index (χ1n) is 16.3. The molecule has 12 heteroatoms. The summed E-state index contributed by atoms with van der Waals surface area (Å²) in [5.74, 6) is -3.64. The van der Waals surface area contributed by atoms with E-state index in [0.29, 0.717) is 56.6 Å².